The van der Waals surface area contributed by atoms with Gasteiger partial charge in [-0.3, -0.25) is 9.69 Å². The van der Waals surface area contributed by atoms with E-state index in [-0.39, 0.29) is 0 Å². The number of nitrogens with zero attached hydrogens (tertiary/aromatic N) is 3. The van der Waals surface area contributed by atoms with E-state index in [2.05, 4.69) is 51.4 Å². The van der Waals surface area contributed by atoms with Crippen LogP contribution in [0.1, 0.15) is 35.9 Å². The highest BCUT2D eigenvalue weighted by atomic mass is 32.1. The number of piperazine rings is 1. The van der Waals surface area contributed by atoms with Gasteiger partial charge in [-0.25, -0.2) is 4.99 Å². The average molecular weight is 392 g/mol. The zero-order chi connectivity index (χ0) is 19.1. The number of aliphatic imine (C=N–C) groups is 1. The van der Waals surface area contributed by atoms with Gasteiger partial charge in [0.25, 0.3) is 0 Å². The largest absolute Gasteiger partial charge is 0.357 e. The lowest BCUT2D eigenvalue weighted by atomic mass is 9.84. The minimum atomic E-state index is 0.323. The Bertz CT molecular complexity index is 632. The van der Waals surface area contributed by atoms with Crippen LogP contribution in [0, 0.1) is 12.8 Å². The molecule has 2 heterocycles. The lowest BCUT2D eigenvalue weighted by Crippen LogP contribution is -2.52. The van der Waals surface area contributed by atoms with Crippen LogP contribution < -0.4 is 10.6 Å². The van der Waals surface area contributed by atoms with Crippen LogP contribution in [0.2, 0.25) is 0 Å². The van der Waals surface area contributed by atoms with Crippen molar-refractivity contribution in [3.05, 3.63) is 21.9 Å². The van der Waals surface area contributed by atoms with Crippen molar-refractivity contribution >= 4 is 23.2 Å². The highest BCUT2D eigenvalue weighted by Gasteiger charge is 2.30. The average Bonchev–Trinajstić information content (AvgIpc) is 3.04. The van der Waals surface area contributed by atoms with E-state index in [1.54, 1.807) is 11.3 Å². The van der Waals surface area contributed by atoms with E-state index in [9.17, 15) is 4.79 Å². The standard InChI is InChI=1S/C20H33N5OS/c1-3-21-20(23-15-18-8-7-16(2)27-18)22-9-10-24-11-13-25(14-12-24)19(26)17-5-4-6-17/h7-8,17H,3-6,9-15H2,1-2H3,(H2,21,22,23). The third-order valence-electron chi connectivity index (χ3n) is 5.39. The number of amides is 1. The van der Waals surface area contributed by atoms with Crippen molar-refractivity contribution in [1.29, 1.82) is 0 Å². The molecule has 3 rings (SSSR count). The maximum Gasteiger partial charge on any atom is 0.225 e. The first-order valence-electron chi connectivity index (χ1n) is 10.2. The number of aryl methyl sites for hydroxylation is 1. The quantitative estimate of drug-likeness (QED) is 0.552. The fraction of sp³-hybridized carbons (Fsp3) is 0.700. The van der Waals surface area contributed by atoms with Crippen molar-refractivity contribution in [1.82, 2.24) is 20.4 Å². The molecule has 1 aromatic rings. The second kappa shape index (κ2) is 10.1. The molecular weight excluding hydrogens is 358 g/mol. The molecule has 0 bridgehead atoms. The van der Waals surface area contributed by atoms with Gasteiger partial charge in [-0.05, 0) is 38.8 Å². The van der Waals surface area contributed by atoms with E-state index in [4.69, 9.17) is 0 Å². The van der Waals surface area contributed by atoms with Crippen LogP contribution in [-0.4, -0.2) is 67.5 Å². The minimum Gasteiger partial charge on any atom is -0.357 e. The molecule has 2 N–H and O–H groups in total. The van der Waals surface area contributed by atoms with Crippen molar-refractivity contribution < 1.29 is 4.79 Å². The van der Waals surface area contributed by atoms with Crippen LogP contribution in [-0.2, 0) is 11.3 Å². The summed E-state index contributed by atoms with van der Waals surface area (Å²) in [5.41, 5.74) is 0. The molecule has 6 nitrogen and oxygen atoms in total. The second-order valence-corrected chi connectivity index (χ2v) is 8.80. The first-order valence-corrected chi connectivity index (χ1v) is 11.1. The molecule has 7 heteroatoms. The maximum absolute atomic E-state index is 12.3. The van der Waals surface area contributed by atoms with Crippen LogP contribution in [0.4, 0.5) is 0 Å². The number of guanidine groups is 1. The van der Waals surface area contributed by atoms with Crippen molar-refractivity contribution in [3.8, 4) is 0 Å². The highest BCUT2D eigenvalue weighted by Crippen LogP contribution is 2.28. The minimum absolute atomic E-state index is 0.323. The van der Waals surface area contributed by atoms with Gasteiger partial charge in [-0.2, -0.15) is 0 Å². The van der Waals surface area contributed by atoms with Crippen LogP contribution in [0.25, 0.3) is 0 Å². The van der Waals surface area contributed by atoms with Gasteiger partial charge >= 0.3 is 0 Å². The van der Waals surface area contributed by atoms with Crippen LogP contribution in [0.3, 0.4) is 0 Å². The molecule has 0 radical (unpaired) electrons. The number of thiophene rings is 1. The maximum atomic E-state index is 12.3. The van der Waals surface area contributed by atoms with Gasteiger partial charge in [-0.1, -0.05) is 6.42 Å². The summed E-state index contributed by atoms with van der Waals surface area (Å²) in [4.78, 5) is 24.1. The van der Waals surface area contributed by atoms with Crippen LogP contribution in [0.5, 0.6) is 0 Å². The predicted molar refractivity (Wildman–Crippen MR) is 112 cm³/mol. The normalized spacial score (nSPS) is 19.0. The molecule has 150 valence electrons. The molecule has 1 aromatic heterocycles. The van der Waals surface area contributed by atoms with Gasteiger partial charge in [-0.15, -0.1) is 11.3 Å². The Morgan fingerprint density at radius 3 is 2.59 bits per heavy atom. The van der Waals surface area contributed by atoms with E-state index in [0.29, 0.717) is 11.8 Å². The molecule has 0 aromatic carbocycles. The summed E-state index contributed by atoms with van der Waals surface area (Å²) in [6.07, 6.45) is 3.42. The van der Waals surface area contributed by atoms with Gasteiger partial charge < -0.3 is 15.5 Å². The molecule has 0 atom stereocenters. The number of hydrogen-bond acceptors (Lipinski definition) is 4. The van der Waals surface area contributed by atoms with Crippen molar-refractivity contribution in [3.63, 3.8) is 0 Å². The molecule has 1 aliphatic heterocycles. The number of nitrogens with one attached hydrogen (secondary N) is 2. The van der Waals surface area contributed by atoms with E-state index < -0.39 is 0 Å². The second-order valence-electron chi connectivity index (χ2n) is 7.43. The Hall–Kier alpha value is -1.60. The summed E-state index contributed by atoms with van der Waals surface area (Å²) in [6.45, 7) is 11.3. The first-order chi connectivity index (χ1) is 13.2. The summed E-state index contributed by atoms with van der Waals surface area (Å²) in [5, 5.41) is 6.75. The van der Waals surface area contributed by atoms with Gasteiger partial charge in [0.05, 0.1) is 6.54 Å². The third kappa shape index (κ3) is 5.94. The van der Waals surface area contributed by atoms with Crippen LogP contribution in [0.15, 0.2) is 17.1 Å². The third-order valence-corrected chi connectivity index (χ3v) is 6.38. The number of rotatable bonds is 7. The first kappa shape index (κ1) is 20.1. The zero-order valence-corrected chi connectivity index (χ0v) is 17.5. The SMILES string of the molecule is CCNC(=NCc1ccc(C)s1)NCCN1CCN(C(=O)C2CCC2)CC1. The summed E-state index contributed by atoms with van der Waals surface area (Å²) in [6, 6.07) is 4.29. The van der Waals surface area contributed by atoms with Gasteiger partial charge in [0.1, 0.15) is 0 Å². The topological polar surface area (TPSA) is 60.0 Å². The van der Waals surface area contributed by atoms with Gasteiger partial charge in [0, 0.05) is 61.5 Å². The number of carbonyl (C=O) groups is 1. The summed E-state index contributed by atoms with van der Waals surface area (Å²) >= 11 is 1.80. The number of hydrogen-bond donors (Lipinski definition) is 2. The molecule has 1 saturated heterocycles. The smallest absolute Gasteiger partial charge is 0.225 e. The Labute approximate surface area is 167 Å². The summed E-state index contributed by atoms with van der Waals surface area (Å²) < 4.78 is 0. The van der Waals surface area contributed by atoms with E-state index in [1.807, 2.05) is 0 Å². The molecule has 0 spiro atoms. The molecule has 1 amide bonds. The molecule has 1 saturated carbocycles. The molecule has 2 aliphatic rings. The summed E-state index contributed by atoms with van der Waals surface area (Å²) in [7, 11) is 0. The van der Waals surface area contributed by atoms with Crippen molar-refractivity contribution in [2.24, 2.45) is 10.9 Å². The van der Waals surface area contributed by atoms with E-state index in [0.717, 1.165) is 71.2 Å². The van der Waals surface area contributed by atoms with E-state index in [1.165, 1.54) is 16.2 Å². The Morgan fingerprint density at radius 2 is 2.00 bits per heavy atom. The number of carbonyl (C=O) groups excluding carboxylic acids is 1. The molecular formula is C20H33N5OS. The highest BCUT2D eigenvalue weighted by molar-refractivity contribution is 7.11. The molecule has 2 fully saturated rings. The monoisotopic (exact) mass is 391 g/mol. The van der Waals surface area contributed by atoms with E-state index >= 15 is 0 Å². The van der Waals surface area contributed by atoms with Crippen molar-refractivity contribution in [2.75, 3.05) is 45.8 Å². The fourth-order valence-corrected chi connectivity index (χ4v) is 4.32. The Kier molecular flexibility index (Phi) is 7.52. The Morgan fingerprint density at radius 1 is 1.22 bits per heavy atom. The fourth-order valence-electron chi connectivity index (χ4n) is 3.51. The Balaban J connectivity index is 1.36. The lowest BCUT2D eigenvalue weighted by molar-refractivity contribution is -0.139. The van der Waals surface area contributed by atoms with Crippen LogP contribution >= 0.6 is 11.3 Å². The van der Waals surface area contributed by atoms with Gasteiger partial charge in [0.2, 0.25) is 5.91 Å². The summed E-state index contributed by atoms with van der Waals surface area (Å²) in [5.74, 6) is 1.59. The molecule has 0 unspecified atom stereocenters. The predicted octanol–water partition coefficient (Wildman–Crippen LogP) is 2.06. The molecule has 1 aliphatic carbocycles. The van der Waals surface area contributed by atoms with Crippen molar-refractivity contribution in [2.45, 2.75) is 39.7 Å². The molecule has 27 heavy (non-hydrogen) atoms. The van der Waals surface area contributed by atoms with Gasteiger partial charge in [0.15, 0.2) is 5.96 Å². The zero-order valence-electron chi connectivity index (χ0n) is 16.7. The lowest BCUT2D eigenvalue weighted by Gasteiger charge is -2.38.